The Morgan fingerprint density at radius 1 is 1.10 bits per heavy atom. The van der Waals surface area contributed by atoms with Gasteiger partial charge in [0.15, 0.2) is 23.0 Å². The first-order valence-corrected chi connectivity index (χ1v) is 12.1. The van der Waals surface area contributed by atoms with Gasteiger partial charge in [-0.3, -0.25) is 9.20 Å². The van der Waals surface area contributed by atoms with Crippen LogP contribution in [-0.2, 0) is 16.1 Å². The zero-order valence-corrected chi connectivity index (χ0v) is 22.7. The van der Waals surface area contributed by atoms with Gasteiger partial charge in [0.2, 0.25) is 0 Å². The second-order valence-electron chi connectivity index (χ2n) is 9.35. The second-order valence-corrected chi connectivity index (χ2v) is 9.35. The summed E-state index contributed by atoms with van der Waals surface area (Å²) in [6.07, 6.45) is -5.26. The summed E-state index contributed by atoms with van der Waals surface area (Å²) in [6.45, 7) is 5.50. The number of hydrogen-bond acceptors (Lipinski definition) is 7. The summed E-state index contributed by atoms with van der Waals surface area (Å²) in [6, 6.07) is 3.76. The lowest BCUT2D eigenvalue weighted by Gasteiger charge is -2.29. The molecule has 0 aliphatic carbocycles. The summed E-state index contributed by atoms with van der Waals surface area (Å²) >= 11 is 0. The van der Waals surface area contributed by atoms with Gasteiger partial charge in [-0.25, -0.2) is 23.4 Å². The summed E-state index contributed by atoms with van der Waals surface area (Å²) < 4.78 is 81.8. The number of methoxy groups -OCH3 is 1. The third-order valence-corrected chi connectivity index (χ3v) is 6.20. The van der Waals surface area contributed by atoms with Crippen LogP contribution in [-0.4, -0.2) is 52.7 Å². The molecule has 0 aliphatic rings. The molecular weight excluding hydrogens is 559 g/mol. The highest BCUT2D eigenvalue weighted by Gasteiger charge is 2.43. The third kappa shape index (κ3) is 7.02. The number of alkyl carbamates (subject to hydrolysis) is 1. The molecule has 0 saturated heterocycles. The number of carbonyl (C=O) groups is 3. The van der Waals surface area contributed by atoms with E-state index in [-0.39, 0.29) is 47.1 Å². The smallest absolute Gasteiger partial charge is 0.491 e. The van der Waals surface area contributed by atoms with Crippen LogP contribution >= 0.6 is 0 Å². The van der Waals surface area contributed by atoms with E-state index in [0.29, 0.717) is 5.56 Å². The molecule has 0 aliphatic heterocycles. The standard InChI is InChI=1S/C26H27F5N4O6/c1-6-25(4,34-24(38)41-23(37)26(29,30)31)12-32-22(36)20-14(3)33-21-18(9-13(2)10-35(20)21)40-11-15-16(27)7-8-17(39-5)19(15)28/h7-10H,6,11-12H2,1-5H3,(H,32,36)(H,34,38). The molecule has 0 fully saturated rings. The number of hydrogen-bond donors (Lipinski definition) is 2. The predicted octanol–water partition coefficient (Wildman–Crippen LogP) is 4.53. The topological polar surface area (TPSA) is 120 Å². The van der Waals surface area contributed by atoms with Gasteiger partial charge in [-0.1, -0.05) is 6.92 Å². The van der Waals surface area contributed by atoms with Gasteiger partial charge >= 0.3 is 18.2 Å². The van der Waals surface area contributed by atoms with Crippen molar-refractivity contribution in [3.05, 3.63) is 58.5 Å². The third-order valence-electron chi connectivity index (χ3n) is 6.20. The van der Waals surface area contributed by atoms with Crippen molar-refractivity contribution in [2.24, 2.45) is 0 Å². The Bertz CT molecular complexity index is 1490. The lowest BCUT2D eigenvalue weighted by atomic mass is 9.99. The predicted molar refractivity (Wildman–Crippen MR) is 134 cm³/mol. The van der Waals surface area contributed by atoms with Crippen molar-refractivity contribution in [2.45, 2.75) is 52.4 Å². The van der Waals surface area contributed by atoms with Crippen LogP contribution < -0.4 is 20.1 Å². The number of benzene rings is 1. The van der Waals surface area contributed by atoms with Crippen molar-refractivity contribution in [2.75, 3.05) is 13.7 Å². The first kappa shape index (κ1) is 31.1. The molecule has 0 bridgehead atoms. The molecule has 2 amide bonds. The molecule has 1 atom stereocenters. The minimum atomic E-state index is -5.36. The maximum Gasteiger partial charge on any atom is 0.491 e. The second kappa shape index (κ2) is 12.0. The lowest BCUT2D eigenvalue weighted by molar-refractivity contribution is -0.193. The molecule has 2 aromatic heterocycles. The Morgan fingerprint density at radius 3 is 2.39 bits per heavy atom. The number of rotatable bonds is 9. The Morgan fingerprint density at radius 2 is 1.78 bits per heavy atom. The van der Waals surface area contributed by atoms with Crippen molar-refractivity contribution in [3.8, 4) is 11.5 Å². The number of esters is 1. The maximum atomic E-state index is 14.6. The van der Waals surface area contributed by atoms with Crippen molar-refractivity contribution in [1.29, 1.82) is 0 Å². The number of ether oxygens (including phenoxy) is 3. The minimum absolute atomic E-state index is 0.0700. The number of halogens is 5. The highest BCUT2D eigenvalue weighted by Crippen LogP contribution is 2.28. The first-order chi connectivity index (χ1) is 19.1. The molecule has 0 saturated carbocycles. The Kier molecular flexibility index (Phi) is 9.09. The largest absolute Gasteiger partial charge is 0.494 e. The fraction of sp³-hybridized carbons (Fsp3) is 0.385. The number of carbonyl (C=O) groups excluding carboxylic acids is 3. The number of aryl methyl sites for hydroxylation is 2. The molecule has 0 radical (unpaired) electrons. The summed E-state index contributed by atoms with van der Waals surface area (Å²) in [5.41, 5.74) is -0.539. The van der Waals surface area contributed by atoms with Crippen LogP contribution in [0.3, 0.4) is 0 Å². The van der Waals surface area contributed by atoms with Crippen LogP contribution in [0.25, 0.3) is 5.65 Å². The number of alkyl halides is 3. The summed E-state index contributed by atoms with van der Waals surface area (Å²) in [5.74, 6) is -5.13. The zero-order valence-electron chi connectivity index (χ0n) is 22.7. The van der Waals surface area contributed by atoms with E-state index < -0.39 is 47.9 Å². The fourth-order valence-corrected chi connectivity index (χ4v) is 3.78. The number of amides is 2. The van der Waals surface area contributed by atoms with E-state index >= 15 is 0 Å². The van der Waals surface area contributed by atoms with E-state index in [2.05, 4.69) is 20.4 Å². The van der Waals surface area contributed by atoms with Crippen LogP contribution in [0.1, 0.15) is 47.6 Å². The minimum Gasteiger partial charge on any atom is -0.494 e. The SMILES string of the molecule is CCC(C)(CNC(=O)c1c(C)nc2c(OCc3c(F)ccc(OC)c3F)cc(C)cn12)NC(=O)OC(=O)C(F)(F)F. The quantitative estimate of drug-likeness (QED) is 0.215. The molecule has 3 aromatic rings. The molecule has 222 valence electrons. The number of imidazole rings is 1. The molecule has 41 heavy (non-hydrogen) atoms. The van der Waals surface area contributed by atoms with E-state index in [1.54, 1.807) is 33.0 Å². The van der Waals surface area contributed by atoms with Crippen molar-refractivity contribution in [3.63, 3.8) is 0 Å². The molecule has 10 nitrogen and oxygen atoms in total. The van der Waals surface area contributed by atoms with E-state index in [1.165, 1.54) is 18.4 Å². The van der Waals surface area contributed by atoms with Crippen LogP contribution in [0.2, 0.25) is 0 Å². The summed E-state index contributed by atoms with van der Waals surface area (Å²) in [5, 5.41) is 4.75. The molecule has 1 aromatic carbocycles. The normalized spacial score (nSPS) is 12.9. The van der Waals surface area contributed by atoms with Crippen LogP contribution in [0, 0.1) is 25.5 Å². The Balaban J connectivity index is 1.81. The molecule has 15 heteroatoms. The number of nitrogens with zero attached hydrogens (tertiary/aromatic N) is 2. The average Bonchev–Trinajstić information content (AvgIpc) is 3.22. The number of aromatic nitrogens is 2. The number of fused-ring (bicyclic) bond motifs is 1. The number of nitrogens with one attached hydrogen (secondary N) is 2. The molecule has 3 rings (SSSR count). The summed E-state index contributed by atoms with van der Waals surface area (Å²) in [7, 11) is 1.24. The average molecular weight is 587 g/mol. The van der Waals surface area contributed by atoms with E-state index in [4.69, 9.17) is 9.47 Å². The Labute approximate surface area is 230 Å². The highest BCUT2D eigenvalue weighted by molar-refractivity contribution is 5.95. The van der Waals surface area contributed by atoms with Crippen LogP contribution in [0.4, 0.5) is 26.7 Å². The van der Waals surface area contributed by atoms with Crippen LogP contribution in [0.5, 0.6) is 11.5 Å². The van der Waals surface area contributed by atoms with Gasteiger partial charge in [-0.15, -0.1) is 0 Å². The monoisotopic (exact) mass is 586 g/mol. The highest BCUT2D eigenvalue weighted by atomic mass is 19.4. The molecule has 1 unspecified atom stereocenters. The van der Waals surface area contributed by atoms with Gasteiger partial charge in [-0.05, 0) is 51.0 Å². The summed E-state index contributed by atoms with van der Waals surface area (Å²) in [4.78, 5) is 40.3. The van der Waals surface area contributed by atoms with Crippen molar-refractivity contribution < 1.29 is 50.5 Å². The van der Waals surface area contributed by atoms with E-state index in [9.17, 15) is 36.3 Å². The van der Waals surface area contributed by atoms with Gasteiger partial charge in [0.25, 0.3) is 5.91 Å². The lowest BCUT2D eigenvalue weighted by Crippen LogP contribution is -2.54. The van der Waals surface area contributed by atoms with Gasteiger partial charge in [-0.2, -0.15) is 13.2 Å². The Hall–Kier alpha value is -4.43. The van der Waals surface area contributed by atoms with Crippen molar-refractivity contribution in [1.82, 2.24) is 20.0 Å². The van der Waals surface area contributed by atoms with Gasteiger partial charge in [0, 0.05) is 12.7 Å². The number of pyridine rings is 1. The van der Waals surface area contributed by atoms with E-state index in [0.717, 1.165) is 12.1 Å². The fourth-order valence-electron chi connectivity index (χ4n) is 3.78. The molecule has 2 heterocycles. The first-order valence-electron chi connectivity index (χ1n) is 12.1. The molecule has 2 N–H and O–H groups in total. The van der Waals surface area contributed by atoms with Gasteiger partial charge < -0.3 is 24.8 Å². The van der Waals surface area contributed by atoms with Gasteiger partial charge in [0.05, 0.1) is 23.9 Å². The van der Waals surface area contributed by atoms with Crippen molar-refractivity contribution >= 4 is 23.6 Å². The van der Waals surface area contributed by atoms with Crippen LogP contribution in [0.15, 0.2) is 24.4 Å². The van der Waals surface area contributed by atoms with E-state index in [1.807, 2.05) is 0 Å². The molecule has 0 spiro atoms. The maximum absolute atomic E-state index is 14.6. The molecular formula is C26H27F5N4O6. The zero-order chi connectivity index (χ0) is 30.7. The van der Waals surface area contributed by atoms with Gasteiger partial charge in [0.1, 0.15) is 18.1 Å².